The van der Waals surface area contributed by atoms with Crippen LogP contribution in [0, 0.1) is 0 Å². The van der Waals surface area contributed by atoms with Gasteiger partial charge < -0.3 is 29.0 Å². The maximum absolute atomic E-state index is 11.3. The maximum atomic E-state index is 11.3. The second-order valence-corrected chi connectivity index (χ2v) is 5.44. The van der Waals surface area contributed by atoms with Gasteiger partial charge in [0.25, 0.3) is 5.17 Å². The highest BCUT2D eigenvalue weighted by atomic mass is 32.1. The summed E-state index contributed by atoms with van der Waals surface area (Å²) in [7, 11) is 0. The van der Waals surface area contributed by atoms with Gasteiger partial charge in [-0.1, -0.05) is 0 Å². The van der Waals surface area contributed by atoms with E-state index in [0.29, 0.717) is 0 Å². The van der Waals surface area contributed by atoms with Crippen LogP contribution in [0.4, 0.5) is 0 Å². The number of rotatable bonds is 4. The van der Waals surface area contributed by atoms with E-state index in [1.807, 2.05) is 0 Å². The minimum atomic E-state index is -1.02. The zero-order valence-electron chi connectivity index (χ0n) is 12.8. The number of fused-ring (bicyclic) bond motifs is 1. The van der Waals surface area contributed by atoms with Crippen molar-refractivity contribution in [3.8, 4) is 0 Å². The van der Waals surface area contributed by atoms with Crippen molar-refractivity contribution in [3.63, 3.8) is 0 Å². The van der Waals surface area contributed by atoms with Crippen molar-refractivity contribution < 1.29 is 38.1 Å². The van der Waals surface area contributed by atoms with Gasteiger partial charge in [0.1, 0.15) is 18.8 Å². The van der Waals surface area contributed by atoms with Gasteiger partial charge in [0.2, 0.25) is 6.29 Å². The van der Waals surface area contributed by atoms with E-state index >= 15 is 0 Å². The monoisotopic (exact) mass is 347 g/mol. The summed E-state index contributed by atoms with van der Waals surface area (Å²) in [5, 5.41) is 2.88. The topological polar surface area (TPSA) is 109 Å². The molecule has 2 fully saturated rings. The highest BCUT2D eigenvalue weighted by molar-refractivity contribution is 7.80. The molecule has 0 radical (unpaired) electrons. The van der Waals surface area contributed by atoms with E-state index in [9.17, 15) is 14.4 Å². The number of esters is 3. The predicted octanol–water partition coefficient (Wildman–Crippen LogP) is -0.589. The Bertz CT molecular complexity index is 524. The SMILES string of the molecule is CC(=O)OC[C@H]1O[C@H](OC(C)=O)[C@H]2NC(=S)O[C@H]2[C@@H]1OC(C)=O. The number of hydrogen-bond acceptors (Lipinski definition) is 9. The van der Waals surface area contributed by atoms with Crippen molar-refractivity contribution >= 4 is 35.3 Å². The Balaban J connectivity index is 2.22. The molecule has 0 saturated carbocycles. The quantitative estimate of drug-likeness (QED) is 0.402. The van der Waals surface area contributed by atoms with Gasteiger partial charge in [0, 0.05) is 20.8 Å². The molecule has 2 saturated heterocycles. The van der Waals surface area contributed by atoms with Crippen LogP contribution < -0.4 is 5.32 Å². The number of ether oxygens (including phenoxy) is 5. The van der Waals surface area contributed by atoms with E-state index in [1.54, 1.807) is 0 Å². The Morgan fingerprint density at radius 2 is 1.78 bits per heavy atom. The molecule has 0 unspecified atom stereocenters. The molecule has 2 aliphatic rings. The lowest BCUT2D eigenvalue weighted by atomic mass is 9.97. The minimum Gasteiger partial charge on any atom is -0.463 e. The van der Waals surface area contributed by atoms with E-state index in [1.165, 1.54) is 20.8 Å². The van der Waals surface area contributed by atoms with Crippen LogP contribution in [0.3, 0.4) is 0 Å². The van der Waals surface area contributed by atoms with Gasteiger partial charge in [0.05, 0.1) is 0 Å². The molecule has 0 amide bonds. The van der Waals surface area contributed by atoms with Gasteiger partial charge in [-0.15, -0.1) is 0 Å². The first kappa shape index (κ1) is 17.4. The van der Waals surface area contributed by atoms with Crippen LogP contribution in [0.25, 0.3) is 0 Å². The van der Waals surface area contributed by atoms with Crippen molar-refractivity contribution in [1.82, 2.24) is 5.32 Å². The van der Waals surface area contributed by atoms with Gasteiger partial charge in [-0.25, -0.2) is 0 Å². The largest absolute Gasteiger partial charge is 0.463 e. The van der Waals surface area contributed by atoms with Gasteiger partial charge in [0.15, 0.2) is 12.2 Å². The fourth-order valence-electron chi connectivity index (χ4n) is 2.42. The van der Waals surface area contributed by atoms with Crippen molar-refractivity contribution in [1.29, 1.82) is 0 Å². The van der Waals surface area contributed by atoms with E-state index in [0.717, 1.165) is 0 Å². The fraction of sp³-hybridized carbons (Fsp3) is 0.692. The molecule has 0 aromatic carbocycles. The Hall–Kier alpha value is -1.94. The highest BCUT2D eigenvalue weighted by Crippen LogP contribution is 2.30. The lowest BCUT2D eigenvalue weighted by Gasteiger charge is -2.40. The van der Waals surface area contributed by atoms with Crippen LogP contribution >= 0.6 is 12.2 Å². The molecule has 10 heteroatoms. The summed E-state index contributed by atoms with van der Waals surface area (Å²) in [5.41, 5.74) is 0. The number of thiocarbonyl (C=S) groups is 1. The standard InChI is InChI=1S/C13H17NO8S/c1-5(15)18-4-8-10(19-6(2)16)11-9(14-13(23)22-11)12(21-8)20-7(3)17/h8-12H,4H2,1-3H3,(H,14,23)/t8-,9+,10-,11-,12+/m1/s1. The van der Waals surface area contributed by atoms with Crippen molar-refractivity contribution in [2.75, 3.05) is 6.61 Å². The molecule has 23 heavy (non-hydrogen) atoms. The molecule has 5 atom stereocenters. The number of nitrogens with one attached hydrogen (secondary N) is 1. The van der Waals surface area contributed by atoms with Crippen LogP contribution in [0.2, 0.25) is 0 Å². The summed E-state index contributed by atoms with van der Waals surface area (Å²) in [6, 6.07) is -0.635. The Kier molecular flexibility index (Phi) is 5.37. The van der Waals surface area contributed by atoms with E-state index < -0.39 is 48.6 Å². The molecule has 0 bridgehead atoms. The molecule has 1 N–H and O–H groups in total. The summed E-state index contributed by atoms with van der Waals surface area (Å²) >= 11 is 4.96. The number of carbonyl (C=O) groups excluding carboxylic acids is 3. The smallest absolute Gasteiger partial charge is 0.305 e. The number of carbonyl (C=O) groups is 3. The minimum absolute atomic E-state index is 0.0750. The van der Waals surface area contributed by atoms with Gasteiger partial charge in [-0.2, -0.15) is 0 Å². The molecule has 0 aromatic heterocycles. The molecule has 9 nitrogen and oxygen atoms in total. The van der Waals surface area contributed by atoms with E-state index in [-0.39, 0.29) is 11.8 Å². The third-order valence-electron chi connectivity index (χ3n) is 3.21. The zero-order chi connectivity index (χ0) is 17.1. The molecule has 0 spiro atoms. The first-order valence-electron chi connectivity index (χ1n) is 6.88. The van der Waals surface area contributed by atoms with Gasteiger partial charge in [-0.05, 0) is 12.2 Å². The molecule has 128 valence electrons. The maximum Gasteiger partial charge on any atom is 0.305 e. The van der Waals surface area contributed by atoms with Crippen molar-refractivity contribution in [2.24, 2.45) is 0 Å². The summed E-state index contributed by atoms with van der Waals surface area (Å²) < 4.78 is 26.3. The van der Waals surface area contributed by atoms with Crippen LogP contribution in [-0.4, -0.2) is 60.3 Å². The van der Waals surface area contributed by atoms with Crippen molar-refractivity contribution in [3.05, 3.63) is 0 Å². The van der Waals surface area contributed by atoms with Crippen LogP contribution in [0.5, 0.6) is 0 Å². The summed E-state index contributed by atoms with van der Waals surface area (Å²) in [5.74, 6) is -1.65. The molecule has 2 rings (SSSR count). The molecule has 2 aliphatic heterocycles. The van der Waals surface area contributed by atoms with E-state index in [2.05, 4.69) is 5.32 Å². The third kappa shape index (κ3) is 4.29. The van der Waals surface area contributed by atoms with Gasteiger partial charge >= 0.3 is 17.9 Å². The van der Waals surface area contributed by atoms with Crippen LogP contribution in [0.15, 0.2) is 0 Å². The van der Waals surface area contributed by atoms with Crippen LogP contribution in [0.1, 0.15) is 20.8 Å². The Morgan fingerprint density at radius 1 is 1.13 bits per heavy atom. The third-order valence-corrected chi connectivity index (χ3v) is 3.42. The Morgan fingerprint density at radius 3 is 2.35 bits per heavy atom. The summed E-state index contributed by atoms with van der Waals surface area (Å²) in [6.45, 7) is 3.51. The normalized spacial score (nSPS) is 32.1. The second kappa shape index (κ2) is 7.09. The molecule has 0 aliphatic carbocycles. The lowest BCUT2D eigenvalue weighted by Crippen LogP contribution is -2.62. The number of hydrogen-bond donors (Lipinski definition) is 1. The molecule has 0 aromatic rings. The molecular weight excluding hydrogens is 330 g/mol. The molecule has 2 heterocycles. The van der Waals surface area contributed by atoms with Crippen LogP contribution in [-0.2, 0) is 38.1 Å². The summed E-state index contributed by atoms with van der Waals surface area (Å²) in [6.07, 6.45) is -3.50. The average Bonchev–Trinajstić information content (AvgIpc) is 2.80. The second-order valence-electron chi connectivity index (χ2n) is 5.07. The lowest BCUT2D eigenvalue weighted by molar-refractivity contribution is -0.257. The summed E-state index contributed by atoms with van der Waals surface area (Å²) in [4.78, 5) is 33.6. The fourth-order valence-corrected chi connectivity index (χ4v) is 2.67. The first-order chi connectivity index (χ1) is 10.8. The first-order valence-corrected chi connectivity index (χ1v) is 7.29. The van der Waals surface area contributed by atoms with E-state index in [4.69, 9.17) is 35.9 Å². The highest BCUT2D eigenvalue weighted by Gasteiger charge is 2.54. The predicted molar refractivity (Wildman–Crippen MR) is 77.0 cm³/mol. The Labute approximate surface area is 137 Å². The molecular formula is C13H17NO8S. The zero-order valence-corrected chi connectivity index (χ0v) is 13.6. The van der Waals surface area contributed by atoms with Gasteiger partial charge in [-0.3, -0.25) is 14.4 Å². The average molecular weight is 347 g/mol. The van der Waals surface area contributed by atoms with Crippen molar-refractivity contribution in [2.45, 2.75) is 51.4 Å².